The number of nitriles is 1. The van der Waals surface area contributed by atoms with E-state index >= 15 is 0 Å². The molecular formula is C10H6F3NO. The third-order valence-corrected chi connectivity index (χ3v) is 1.67. The third kappa shape index (κ3) is 2.74. The maximum atomic E-state index is 12.4. The number of nitrogens with zero attached hydrogens (tertiary/aromatic N) is 1. The predicted molar refractivity (Wildman–Crippen MR) is 47.7 cm³/mol. The van der Waals surface area contributed by atoms with Crippen LogP contribution in [0.15, 0.2) is 30.0 Å². The monoisotopic (exact) mass is 213 g/mol. The number of aliphatic hydroxyl groups excluding tert-OH is 1. The Labute approximate surface area is 83.9 Å². The fourth-order valence-electron chi connectivity index (χ4n) is 1.06. The third-order valence-electron chi connectivity index (χ3n) is 1.67. The highest BCUT2D eigenvalue weighted by atomic mass is 19.4. The highest BCUT2D eigenvalue weighted by Gasteiger charge is 2.32. The van der Waals surface area contributed by atoms with Crippen molar-refractivity contribution in [2.75, 3.05) is 0 Å². The van der Waals surface area contributed by atoms with Crippen molar-refractivity contribution in [3.8, 4) is 6.07 Å². The van der Waals surface area contributed by atoms with E-state index in [1.807, 2.05) is 0 Å². The molecule has 15 heavy (non-hydrogen) atoms. The number of halogens is 3. The molecule has 0 aromatic heterocycles. The van der Waals surface area contributed by atoms with E-state index in [9.17, 15) is 13.2 Å². The first-order valence-electron chi connectivity index (χ1n) is 3.92. The van der Waals surface area contributed by atoms with Crippen LogP contribution in [0, 0.1) is 11.3 Å². The molecule has 0 bridgehead atoms. The average molecular weight is 213 g/mol. The first kappa shape index (κ1) is 11.1. The number of benzene rings is 1. The van der Waals surface area contributed by atoms with Crippen molar-refractivity contribution in [2.45, 2.75) is 6.18 Å². The van der Waals surface area contributed by atoms with Gasteiger partial charge in [-0.25, -0.2) is 0 Å². The second kappa shape index (κ2) is 4.05. The highest BCUT2D eigenvalue weighted by molar-refractivity contribution is 5.58. The molecule has 5 heteroatoms. The number of aliphatic hydroxyl groups is 1. The number of hydrogen-bond acceptors (Lipinski definition) is 2. The maximum absolute atomic E-state index is 12.4. The van der Waals surface area contributed by atoms with Gasteiger partial charge in [0, 0.05) is 0 Å². The van der Waals surface area contributed by atoms with Gasteiger partial charge < -0.3 is 5.11 Å². The molecule has 1 aromatic carbocycles. The van der Waals surface area contributed by atoms with Crippen LogP contribution < -0.4 is 0 Å². The average Bonchev–Trinajstić information content (AvgIpc) is 2.17. The second-order valence-corrected chi connectivity index (χ2v) is 2.73. The van der Waals surface area contributed by atoms with Crippen molar-refractivity contribution in [2.24, 2.45) is 0 Å². The standard InChI is InChI=1S/C10H6F3NO/c11-10(12,13)9-4-2-1-3-7(9)5-8(15)6-14/h1-5,15H. The molecule has 1 rings (SSSR count). The minimum absolute atomic E-state index is 0.232. The van der Waals surface area contributed by atoms with Crippen LogP contribution in [-0.4, -0.2) is 5.11 Å². The topological polar surface area (TPSA) is 44.0 Å². The molecule has 0 spiro atoms. The summed E-state index contributed by atoms with van der Waals surface area (Å²) in [4.78, 5) is 0. The quantitative estimate of drug-likeness (QED) is 0.442. The minimum Gasteiger partial charge on any atom is -0.499 e. The number of hydrogen-bond donors (Lipinski definition) is 1. The smallest absolute Gasteiger partial charge is 0.416 e. The fraction of sp³-hybridized carbons (Fsp3) is 0.100. The van der Waals surface area contributed by atoms with Gasteiger partial charge in [0.2, 0.25) is 0 Å². The molecule has 0 amide bonds. The molecule has 0 aliphatic carbocycles. The number of rotatable bonds is 1. The van der Waals surface area contributed by atoms with Crippen LogP contribution in [-0.2, 0) is 6.18 Å². The maximum Gasteiger partial charge on any atom is 0.416 e. The summed E-state index contributed by atoms with van der Waals surface area (Å²) in [5, 5.41) is 17.1. The molecular weight excluding hydrogens is 207 g/mol. The molecule has 1 aromatic rings. The zero-order valence-corrected chi connectivity index (χ0v) is 7.42. The van der Waals surface area contributed by atoms with E-state index < -0.39 is 17.5 Å². The minimum atomic E-state index is -4.50. The van der Waals surface area contributed by atoms with Crippen molar-refractivity contribution in [3.63, 3.8) is 0 Å². The van der Waals surface area contributed by atoms with Crippen LogP contribution in [0.4, 0.5) is 13.2 Å². The van der Waals surface area contributed by atoms with E-state index in [1.165, 1.54) is 24.3 Å². The Morgan fingerprint density at radius 1 is 1.33 bits per heavy atom. The zero-order valence-electron chi connectivity index (χ0n) is 7.42. The van der Waals surface area contributed by atoms with Crippen LogP contribution in [0.5, 0.6) is 0 Å². The van der Waals surface area contributed by atoms with E-state index in [1.54, 1.807) is 0 Å². The Kier molecular flexibility index (Phi) is 3.00. The molecule has 78 valence electrons. The Hall–Kier alpha value is -1.96. The van der Waals surface area contributed by atoms with Crippen LogP contribution in [0.3, 0.4) is 0 Å². The summed E-state index contributed by atoms with van der Waals surface area (Å²) in [6.45, 7) is 0. The van der Waals surface area contributed by atoms with Gasteiger partial charge in [0.25, 0.3) is 0 Å². The summed E-state index contributed by atoms with van der Waals surface area (Å²) in [6.07, 6.45) is -3.72. The normalized spacial score (nSPS) is 12.3. The van der Waals surface area contributed by atoms with E-state index in [0.29, 0.717) is 0 Å². The van der Waals surface area contributed by atoms with Gasteiger partial charge in [-0.3, -0.25) is 0 Å². The Bertz CT molecular complexity index is 429. The summed E-state index contributed by atoms with van der Waals surface area (Å²) in [5.41, 5.74) is -1.11. The van der Waals surface area contributed by atoms with Crippen molar-refractivity contribution in [1.29, 1.82) is 5.26 Å². The molecule has 2 nitrogen and oxygen atoms in total. The van der Waals surface area contributed by atoms with Crippen molar-refractivity contribution < 1.29 is 18.3 Å². The fourth-order valence-corrected chi connectivity index (χ4v) is 1.06. The summed E-state index contributed by atoms with van der Waals surface area (Å²) in [7, 11) is 0. The van der Waals surface area contributed by atoms with Crippen LogP contribution in [0.25, 0.3) is 6.08 Å². The first-order valence-corrected chi connectivity index (χ1v) is 3.92. The number of allylic oxidation sites excluding steroid dienone is 1. The SMILES string of the molecule is N#CC(O)=Cc1ccccc1C(F)(F)F. The van der Waals surface area contributed by atoms with Gasteiger partial charge in [0.1, 0.15) is 6.07 Å². The van der Waals surface area contributed by atoms with Gasteiger partial charge in [-0.05, 0) is 17.7 Å². The molecule has 0 heterocycles. The van der Waals surface area contributed by atoms with Crippen LogP contribution >= 0.6 is 0 Å². The summed E-state index contributed by atoms with van der Waals surface area (Å²) in [5.74, 6) is -0.758. The lowest BCUT2D eigenvalue weighted by Gasteiger charge is -2.09. The van der Waals surface area contributed by atoms with Crippen molar-refractivity contribution in [1.82, 2.24) is 0 Å². The first-order chi connectivity index (χ1) is 6.95. The highest BCUT2D eigenvalue weighted by Crippen LogP contribution is 2.32. The molecule has 0 saturated carbocycles. The summed E-state index contributed by atoms with van der Waals surface area (Å²) in [6, 6.07) is 6.04. The van der Waals surface area contributed by atoms with Crippen LogP contribution in [0.1, 0.15) is 11.1 Å². The van der Waals surface area contributed by atoms with Gasteiger partial charge in [-0.1, -0.05) is 18.2 Å². The number of alkyl halides is 3. The summed E-state index contributed by atoms with van der Waals surface area (Å²) >= 11 is 0. The Morgan fingerprint density at radius 3 is 2.47 bits per heavy atom. The second-order valence-electron chi connectivity index (χ2n) is 2.73. The van der Waals surface area contributed by atoms with Crippen LogP contribution in [0.2, 0.25) is 0 Å². The molecule has 0 aliphatic heterocycles. The van der Waals surface area contributed by atoms with Gasteiger partial charge in [0.15, 0.2) is 5.76 Å². The lowest BCUT2D eigenvalue weighted by molar-refractivity contribution is -0.137. The largest absolute Gasteiger partial charge is 0.499 e. The molecule has 1 N–H and O–H groups in total. The van der Waals surface area contributed by atoms with E-state index in [-0.39, 0.29) is 5.56 Å². The Balaban J connectivity index is 3.26. The summed E-state index contributed by atoms with van der Waals surface area (Å²) < 4.78 is 37.2. The molecule has 0 aliphatic rings. The van der Waals surface area contributed by atoms with Gasteiger partial charge in [-0.2, -0.15) is 18.4 Å². The van der Waals surface area contributed by atoms with Gasteiger partial charge >= 0.3 is 6.18 Å². The lowest BCUT2D eigenvalue weighted by atomic mass is 10.1. The molecule has 0 radical (unpaired) electrons. The molecule has 0 saturated heterocycles. The van der Waals surface area contributed by atoms with Gasteiger partial charge in [-0.15, -0.1) is 0 Å². The van der Waals surface area contributed by atoms with E-state index in [2.05, 4.69) is 0 Å². The predicted octanol–water partition coefficient (Wildman–Crippen LogP) is 3.13. The van der Waals surface area contributed by atoms with Crippen molar-refractivity contribution in [3.05, 3.63) is 41.2 Å². The molecule has 0 atom stereocenters. The van der Waals surface area contributed by atoms with Gasteiger partial charge in [0.05, 0.1) is 5.56 Å². The van der Waals surface area contributed by atoms with Crippen molar-refractivity contribution >= 4 is 6.08 Å². The molecule has 0 unspecified atom stereocenters. The van der Waals surface area contributed by atoms with E-state index in [0.717, 1.165) is 12.1 Å². The van der Waals surface area contributed by atoms with E-state index in [4.69, 9.17) is 10.4 Å². The molecule has 0 fully saturated rings. The zero-order chi connectivity index (χ0) is 11.5. The Morgan fingerprint density at radius 2 is 1.93 bits per heavy atom. The lowest BCUT2D eigenvalue weighted by Crippen LogP contribution is -2.07.